The zero-order valence-corrected chi connectivity index (χ0v) is 10.5. The fourth-order valence-electron chi connectivity index (χ4n) is 1.51. The molecule has 0 radical (unpaired) electrons. The van der Waals surface area contributed by atoms with Gasteiger partial charge in [-0.15, -0.1) is 11.8 Å². The molecular formula is C10H20O5S. The van der Waals surface area contributed by atoms with E-state index in [2.05, 4.69) is 0 Å². The Hall–Kier alpha value is 0.150. The van der Waals surface area contributed by atoms with Crippen LogP contribution in [-0.4, -0.2) is 61.6 Å². The van der Waals surface area contributed by atoms with Crippen LogP contribution in [0.1, 0.15) is 20.8 Å². The van der Waals surface area contributed by atoms with E-state index >= 15 is 0 Å². The average Bonchev–Trinajstić information content (AvgIpc) is 2.17. The van der Waals surface area contributed by atoms with Crippen molar-refractivity contribution in [3.63, 3.8) is 0 Å². The lowest BCUT2D eigenvalue weighted by molar-refractivity contribution is -0.205. The SMILES string of the molecule is CC(C)(C)S[C@H]1O[C@@H](CO)[C@@H](O)[C@H](O)[C@@H]1O. The monoisotopic (exact) mass is 252 g/mol. The van der Waals surface area contributed by atoms with Crippen LogP contribution in [0.3, 0.4) is 0 Å². The quantitative estimate of drug-likeness (QED) is 0.520. The molecule has 0 bridgehead atoms. The highest BCUT2D eigenvalue weighted by Crippen LogP contribution is 2.35. The van der Waals surface area contributed by atoms with Gasteiger partial charge in [0.25, 0.3) is 0 Å². The van der Waals surface area contributed by atoms with Gasteiger partial charge in [-0.25, -0.2) is 0 Å². The lowest BCUT2D eigenvalue weighted by Gasteiger charge is -2.41. The highest BCUT2D eigenvalue weighted by atomic mass is 32.2. The van der Waals surface area contributed by atoms with Crippen molar-refractivity contribution in [1.29, 1.82) is 0 Å². The molecule has 5 atom stereocenters. The maximum atomic E-state index is 9.75. The van der Waals surface area contributed by atoms with Gasteiger partial charge in [-0.1, -0.05) is 20.8 Å². The second-order valence-electron chi connectivity index (χ2n) is 4.93. The van der Waals surface area contributed by atoms with Crippen molar-refractivity contribution in [2.75, 3.05) is 6.61 Å². The van der Waals surface area contributed by atoms with E-state index in [9.17, 15) is 15.3 Å². The van der Waals surface area contributed by atoms with Gasteiger partial charge in [0.2, 0.25) is 0 Å². The van der Waals surface area contributed by atoms with Crippen LogP contribution in [0.15, 0.2) is 0 Å². The van der Waals surface area contributed by atoms with Crippen LogP contribution < -0.4 is 0 Å². The van der Waals surface area contributed by atoms with E-state index in [0.717, 1.165) is 0 Å². The Bertz CT molecular complexity index is 228. The Kier molecular flexibility index (Phi) is 4.62. The summed E-state index contributed by atoms with van der Waals surface area (Å²) in [6.45, 7) is 5.49. The van der Waals surface area contributed by atoms with Gasteiger partial charge >= 0.3 is 0 Å². The van der Waals surface area contributed by atoms with E-state index in [1.165, 1.54) is 11.8 Å². The van der Waals surface area contributed by atoms with E-state index in [1.807, 2.05) is 20.8 Å². The van der Waals surface area contributed by atoms with E-state index in [4.69, 9.17) is 9.84 Å². The predicted octanol–water partition coefficient (Wildman–Crippen LogP) is -0.682. The molecule has 0 aliphatic carbocycles. The second-order valence-corrected chi connectivity index (χ2v) is 6.85. The molecule has 0 aromatic rings. The first-order valence-electron chi connectivity index (χ1n) is 5.24. The van der Waals surface area contributed by atoms with Crippen LogP contribution in [-0.2, 0) is 4.74 Å². The predicted molar refractivity (Wildman–Crippen MR) is 61.1 cm³/mol. The van der Waals surface area contributed by atoms with E-state index in [0.29, 0.717) is 0 Å². The summed E-state index contributed by atoms with van der Waals surface area (Å²) in [7, 11) is 0. The minimum Gasteiger partial charge on any atom is -0.394 e. The first kappa shape index (κ1) is 14.2. The molecule has 1 rings (SSSR count). The van der Waals surface area contributed by atoms with Crippen molar-refractivity contribution in [1.82, 2.24) is 0 Å². The number of hydrogen-bond donors (Lipinski definition) is 4. The van der Waals surface area contributed by atoms with Gasteiger partial charge in [-0.2, -0.15) is 0 Å². The molecule has 1 heterocycles. The van der Waals surface area contributed by atoms with Gasteiger partial charge in [0.1, 0.15) is 29.9 Å². The van der Waals surface area contributed by atoms with Gasteiger partial charge in [0, 0.05) is 4.75 Å². The third-order valence-corrected chi connectivity index (χ3v) is 3.65. The van der Waals surface area contributed by atoms with Gasteiger partial charge in [0.15, 0.2) is 0 Å². The molecule has 0 aromatic carbocycles. The third-order valence-electron chi connectivity index (χ3n) is 2.32. The maximum Gasteiger partial charge on any atom is 0.132 e. The summed E-state index contributed by atoms with van der Waals surface area (Å²) >= 11 is 1.36. The molecular weight excluding hydrogens is 232 g/mol. The molecule has 0 unspecified atom stereocenters. The van der Waals surface area contributed by atoms with Crippen LogP contribution >= 0.6 is 11.8 Å². The summed E-state index contributed by atoms with van der Waals surface area (Å²) in [5, 5.41) is 37.9. The largest absolute Gasteiger partial charge is 0.394 e. The maximum absolute atomic E-state index is 9.75. The summed E-state index contributed by atoms with van der Waals surface area (Å²) in [5.41, 5.74) is -0.643. The Morgan fingerprint density at radius 2 is 1.62 bits per heavy atom. The van der Waals surface area contributed by atoms with Crippen LogP contribution in [0.5, 0.6) is 0 Å². The lowest BCUT2D eigenvalue weighted by Crippen LogP contribution is -2.58. The first-order chi connectivity index (χ1) is 7.26. The number of aliphatic hydroxyl groups is 4. The van der Waals surface area contributed by atoms with Crippen molar-refractivity contribution in [3.05, 3.63) is 0 Å². The van der Waals surface area contributed by atoms with Crippen molar-refractivity contribution >= 4 is 11.8 Å². The Morgan fingerprint density at radius 3 is 2.06 bits per heavy atom. The molecule has 0 amide bonds. The average molecular weight is 252 g/mol. The van der Waals surface area contributed by atoms with Crippen molar-refractivity contribution in [3.8, 4) is 0 Å². The molecule has 16 heavy (non-hydrogen) atoms. The smallest absolute Gasteiger partial charge is 0.132 e. The van der Waals surface area contributed by atoms with Gasteiger partial charge in [-0.3, -0.25) is 0 Å². The second kappa shape index (κ2) is 5.20. The molecule has 0 saturated carbocycles. The zero-order valence-electron chi connectivity index (χ0n) is 9.70. The van der Waals surface area contributed by atoms with Crippen molar-refractivity contribution in [2.24, 2.45) is 0 Å². The molecule has 0 aromatic heterocycles. The Morgan fingerprint density at radius 1 is 1.06 bits per heavy atom. The fourth-order valence-corrected chi connectivity index (χ4v) is 2.71. The number of hydrogen-bond acceptors (Lipinski definition) is 6. The van der Waals surface area contributed by atoms with Crippen LogP contribution in [0.4, 0.5) is 0 Å². The summed E-state index contributed by atoms with van der Waals surface area (Å²) in [6, 6.07) is 0. The molecule has 1 saturated heterocycles. The first-order valence-corrected chi connectivity index (χ1v) is 6.12. The topological polar surface area (TPSA) is 90.2 Å². The standard InChI is InChI=1S/C10H20O5S/c1-10(2,3)16-9-8(14)7(13)6(12)5(4-11)15-9/h5-9,11-14H,4H2,1-3H3/t5-,6+,7-,8-,9+/m0/s1. The van der Waals surface area contributed by atoms with E-state index < -0.39 is 29.9 Å². The molecule has 1 aliphatic heterocycles. The zero-order chi connectivity index (χ0) is 12.5. The van der Waals surface area contributed by atoms with Gasteiger partial charge in [0.05, 0.1) is 6.61 Å². The summed E-state index contributed by atoms with van der Waals surface area (Å²) in [5.74, 6) is 0. The highest BCUT2D eigenvalue weighted by Gasteiger charge is 2.44. The number of aliphatic hydroxyl groups excluding tert-OH is 4. The number of thioether (sulfide) groups is 1. The summed E-state index contributed by atoms with van der Waals surface area (Å²) in [6.07, 6.45) is -4.54. The van der Waals surface area contributed by atoms with Crippen LogP contribution in [0, 0.1) is 0 Å². The minimum absolute atomic E-state index is 0.145. The number of rotatable bonds is 2. The van der Waals surface area contributed by atoms with Crippen LogP contribution in [0.25, 0.3) is 0 Å². The lowest BCUT2D eigenvalue weighted by atomic mass is 10.0. The molecule has 1 fully saturated rings. The van der Waals surface area contributed by atoms with Gasteiger partial charge in [-0.05, 0) is 0 Å². The normalized spacial score (nSPS) is 41.1. The van der Waals surface area contributed by atoms with Crippen molar-refractivity contribution < 1.29 is 25.2 Å². The molecule has 1 aliphatic rings. The molecule has 96 valence electrons. The van der Waals surface area contributed by atoms with Crippen molar-refractivity contribution in [2.45, 2.75) is 55.4 Å². The minimum atomic E-state index is -1.29. The van der Waals surface area contributed by atoms with Crippen LogP contribution in [0.2, 0.25) is 0 Å². The molecule has 6 heteroatoms. The molecule has 0 spiro atoms. The third kappa shape index (κ3) is 3.32. The van der Waals surface area contributed by atoms with E-state index in [1.54, 1.807) is 0 Å². The highest BCUT2D eigenvalue weighted by molar-refractivity contribution is 8.01. The van der Waals surface area contributed by atoms with E-state index in [-0.39, 0.29) is 11.4 Å². The van der Waals surface area contributed by atoms with Gasteiger partial charge < -0.3 is 25.2 Å². The number of ether oxygens (including phenoxy) is 1. The fraction of sp³-hybridized carbons (Fsp3) is 1.00. The molecule has 5 nitrogen and oxygen atoms in total. The Labute approximate surface area is 99.4 Å². The summed E-state index contributed by atoms with van der Waals surface area (Å²) < 4.78 is 5.21. The molecule has 4 N–H and O–H groups in total. The Balaban J connectivity index is 2.71. The summed E-state index contributed by atoms with van der Waals surface area (Å²) in [4.78, 5) is 0.